The fourth-order valence-corrected chi connectivity index (χ4v) is 4.39. The van der Waals surface area contributed by atoms with Crippen molar-refractivity contribution in [2.45, 2.75) is 44.4 Å². The number of anilines is 3. The van der Waals surface area contributed by atoms with Crippen molar-refractivity contribution in [3.8, 4) is 0 Å². The molecule has 1 aliphatic heterocycles. The molecule has 1 aliphatic rings. The Kier molecular flexibility index (Phi) is 7.41. The number of aryl methyl sites for hydroxylation is 1. The molecule has 12 nitrogen and oxygen atoms in total. The van der Waals surface area contributed by atoms with Crippen molar-refractivity contribution >= 4 is 29.1 Å². The van der Waals surface area contributed by atoms with Crippen molar-refractivity contribution in [3.63, 3.8) is 0 Å². The Morgan fingerprint density at radius 2 is 1.97 bits per heavy atom. The smallest absolute Gasteiger partial charge is 0.271 e. The molecule has 3 heterocycles. The van der Waals surface area contributed by atoms with Gasteiger partial charge in [0.05, 0.1) is 24.7 Å². The highest BCUT2D eigenvalue weighted by Gasteiger charge is 2.31. The number of carbonyl (C=O) groups is 2. The summed E-state index contributed by atoms with van der Waals surface area (Å²) in [5.74, 6) is -0.148. The molecule has 2 amide bonds. The van der Waals surface area contributed by atoms with Gasteiger partial charge in [-0.05, 0) is 44.4 Å². The number of piperidine rings is 1. The number of amides is 2. The molecule has 0 bridgehead atoms. The van der Waals surface area contributed by atoms with Crippen LogP contribution in [0.25, 0.3) is 0 Å². The summed E-state index contributed by atoms with van der Waals surface area (Å²) in [5.41, 5.74) is 5.78. The Labute approximate surface area is 214 Å². The number of nitrogens with two attached hydrogens (primary N) is 1. The molecule has 0 saturated carbocycles. The average molecular weight is 509 g/mol. The highest BCUT2D eigenvalue weighted by atomic mass is 16.3. The molecule has 0 radical (unpaired) electrons. The first-order valence-electron chi connectivity index (χ1n) is 12.0. The van der Waals surface area contributed by atoms with Gasteiger partial charge < -0.3 is 31.5 Å². The Balaban J connectivity index is 1.50. The summed E-state index contributed by atoms with van der Waals surface area (Å²) in [4.78, 5) is 35.9. The highest BCUT2D eigenvalue weighted by molar-refractivity contribution is 5.96. The molecule has 37 heavy (non-hydrogen) atoms. The topological polar surface area (TPSA) is 172 Å². The van der Waals surface area contributed by atoms with Crippen molar-refractivity contribution in [2.75, 3.05) is 23.4 Å². The normalized spacial score (nSPS) is 19.2. The number of hydrogen-bond acceptors (Lipinski definition) is 9. The van der Waals surface area contributed by atoms with E-state index in [1.807, 2.05) is 11.8 Å². The summed E-state index contributed by atoms with van der Waals surface area (Å²) >= 11 is 0. The summed E-state index contributed by atoms with van der Waals surface area (Å²) in [7, 11) is 1.78. The lowest BCUT2D eigenvalue weighted by atomic mass is 9.95. The Bertz CT molecular complexity index is 1270. The van der Waals surface area contributed by atoms with Crippen LogP contribution in [0.5, 0.6) is 0 Å². The predicted molar refractivity (Wildman–Crippen MR) is 137 cm³/mol. The minimum absolute atomic E-state index is 0.0192. The molecule has 196 valence electrons. The van der Waals surface area contributed by atoms with Crippen LogP contribution in [0, 0.1) is 0 Å². The van der Waals surface area contributed by atoms with E-state index in [2.05, 4.69) is 25.7 Å². The van der Waals surface area contributed by atoms with Crippen molar-refractivity contribution in [1.82, 2.24) is 25.1 Å². The van der Waals surface area contributed by atoms with E-state index in [4.69, 9.17) is 5.73 Å². The maximum Gasteiger partial charge on any atom is 0.271 e. The summed E-state index contributed by atoms with van der Waals surface area (Å²) in [6.45, 7) is 3.80. The molecule has 1 saturated heterocycles. The first-order chi connectivity index (χ1) is 17.6. The number of aliphatic hydroxyl groups is 2. The van der Waals surface area contributed by atoms with Crippen molar-refractivity contribution in [3.05, 3.63) is 59.7 Å². The maximum absolute atomic E-state index is 13.0. The number of aliphatic hydroxyl groups excluding tert-OH is 1. The van der Waals surface area contributed by atoms with Gasteiger partial charge in [0, 0.05) is 37.4 Å². The summed E-state index contributed by atoms with van der Waals surface area (Å²) in [6, 6.07) is 6.26. The van der Waals surface area contributed by atoms with Gasteiger partial charge in [0.15, 0.2) is 11.5 Å². The number of aromatic nitrogens is 4. The van der Waals surface area contributed by atoms with Gasteiger partial charge in [-0.3, -0.25) is 14.3 Å². The van der Waals surface area contributed by atoms with Crippen LogP contribution in [0.15, 0.2) is 42.9 Å². The lowest BCUT2D eigenvalue weighted by Crippen LogP contribution is -2.54. The SMILES string of the molecule is C[C@@H]1[C@H](NC(=O)c2ccc(C(C)(O)CO)cc2)CCCN1c1cnc(C(N)=O)c(Nc2cnn(C)c2)n1. The summed E-state index contributed by atoms with van der Waals surface area (Å²) in [6.07, 6.45) is 6.46. The lowest BCUT2D eigenvalue weighted by Gasteiger charge is -2.40. The van der Waals surface area contributed by atoms with Crippen molar-refractivity contribution in [2.24, 2.45) is 12.8 Å². The van der Waals surface area contributed by atoms with Crippen LogP contribution in [0.2, 0.25) is 0 Å². The fraction of sp³-hybridized carbons (Fsp3) is 0.400. The van der Waals surface area contributed by atoms with Gasteiger partial charge in [0.1, 0.15) is 11.4 Å². The van der Waals surface area contributed by atoms with Gasteiger partial charge >= 0.3 is 0 Å². The zero-order valence-electron chi connectivity index (χ0n) is 21.0. The molecular formula is C25H32N8O4. The number of nitrogens with zero attached hydrogens (tertiary/aromatic N) is 5. The van der Waals surface area contributed by atoms with Gasteiger partial charge in [0.2, 0.25) is 0 Å². The molecular weight excluding hydrogens is 476 g/mol. The second-order valence-corrected chi connectivity index (χ2v) is 9.48. The van der Waals surface area contributed by atoms with E-state index in [-0.39, 0.29) is 29.5 Å². The van der Waals surface area contributed by atoms with Crippen LogP contribution in [-0.2, 0) is 12.6 Å². The average Bonchev–Trinajstić information content (AvgIpc) is 3.29. The van der Waals surface area contributed by atoms with Crippen molar-refractivity contribution in [1.29, 1.82) is 0 Å². The Morgan fingerprint density at radius 3 is 2.59 bits per heavy atom. The minimum Gasteiger partial charge on any atom is -0.393 e. The molecule has 0 spiro atoms. The molecule has 1 unspecified atom stereocenters. The molecule has 12 heteroatoms. The zero-order valence-corrected chi connectivity index (χ0v) is 21.0. The number of rotatable bonds is 8. The molecule has 4 rings (SSSR count). The van der Waals surface area contributed by atoms with Gasteiger partial charge in [-0.1, -0.05) is 12.1 Å². The molecule has 3 atom stereocenters. The minimum atomic E-state index is -1.37. The third kappa shape index (κ3) is 5.70. The van der Waals surface area contributed by atoms with Crippen LogP contribution in [0.3, 0.4) is 0 Å². The molecule has 3 aromatic rings. The highest BCUT2D eigenvalue weighted by Crippen LogP contribution is 2.27. The summed E-state index contributed by atoms with van der Waals surface area (Å²) in [5, 5.41) is 29.8. The standard InChI is InChI=1S/C25H32N8O4/c1-15-19(30-24(36)16-6-8-17(9-7-16)25(2,37)14-34)5-4-10-33(15)20-12-27-21(22(26)35)23(31-20)29-18-11-28-32(3)13-18/h6-9,11-13,15,19,34,37H,4-5,10,14H2,1-3H3,(H2,26,35)(H,29,31)(H,30,36)/t15-,19-,25?/m1/s1. The Hall–Kier alpha value is -4.03. The third-order valence-electron chi connectivity index (χ3n) is 6.64. The van der Waals surface area contributed by atoms with Crippen LogP contribution < -0.4 is 21.3 Å². The largest absolute Gasteiger partial charge is 0.393 e. The lowest BCUT2D eigenvalue weighted by molar-refractivity contribution is -0.00229. The van der Waals surface area contributed by atoms with Gasteiger partial charge in [-0.2, -0.15) is 5.10 Å². The van der Waals surface area contributed by atoms with Gasteiger partial charge in [-0.25, -0.2) is 9.97 Å². The number of carbonyl (C=O) groups excluding carboxylic acids is 2. The molecule has 1 aromatic carbocycles. The second-order valence-electron chi connectivity index (χ2n) is 9.48. The maximum atomic E-state index is 13.0. The van der Waals surface area contributed by atoms with Crippen LogP contribution >= 0.6 is 0 Å². The summed E-state index contributed by atoms with van der Waals surface area (Å²) < 4.78 is 1.62. The van der Waals surface area contributed by atoms with E-state index < -0.39 is 18.1 Å². The van der Waals surface area contributed by atoms with Gasteiger partial charge in [-0.15, -0.1) is 0 Å². The van der Waals surface area contributed by atoms with E-state index in [1.54, 1.807) is 48.4 Å². The quantitative estimate of drug-likeness (QED) is 0.298. The Morgan fingerprint density at radius 1 is 1.24 bits per heavy atom. The van der Waals surface area contributed by atoms with E-state index in [1.165, 1.54) is 13.1 Å². The van der Waals surface area contributed by atoms with E-state index in [0.29, 0.717) is 29.2 Å². The number of benzene rings is 1. The molecule has 6 N–H and O–H groups in total. The number of primary amides is 1. The van der Waals surface area contributed by atoms with E-state index >= 15 is 0 Å². The van der Waals surface area contributed by atoms with Crippen molar-refractivity contribution < 1.29 is 19.8 Å². The first-order valence-corrected chi connectivity index (χ1v) is 12.0. The predicted octanol–water partition coefficient (Wildman–Crippen LogP) is 1.04. The second kappa shape index (κ2) is 10.5. The number of nitrogens with one attached hydrogen (secondary N) is 2. The molecule has 1 fully saturated rings. The van der Waals surface area contributed by atoms with Crippen LogP contribution in [0.4, 0.5) is 17.3 Å². The van der Waals surface area contributed by atoms with Gasteiger partial charge in [0.25, 0.3) is 11.8 Å². The van der Waals surface area contributed by atoms with E-state index in [9.17, 15) is 19.8 Å². The first kappa shape index (κ1) is 26.0. The third-order valence-corrected chi connectivity index (χ3v) is 6.64. The molecule has 0 aliphatic carbocycles. The number of hydrogen-bond donors (Lipinski definition) is 5. The zero-order chi connectivity index (χ0) is 26.7. The van der Waals surface area contributed by atoms with Crippen LogP contribution in [0.1, 0.15) is 53.1 Å². The van der Waals surface area contributed by atoms with Crippen LogP contribution in [-0.4, -0.2) is 67.0 Å². The fourth-order valence-electron chi connectivity index (χ4n) is 4.39. The molecule has 2 aromatic heterocycles. The van der Waals surface area contributed by atoms with E-state index in [0.717, 1.165) is 12.8 Å². The monoisotopic (exact) mass is 508 g/mol.